The SMILES string of the molecule is O=C(S)CCCc1ccc(Cl)cc1. The summed E-state index contributed by atoms with van der Waals surface area (Å²) in [5.41, 5.74) is 1.21. The zero-order chi connectivity index (χ0) is 9.68. The van der Waals surface area contributed by atoms with Gasteiger partial charge in [-0.2, -0.15) is 0 Å². The molecule has 0 aromatic heterocycles. The zero-order valence-corrected chi connectivity index (χ0v) is 8.81. The molecule has 0 aliphatic rings. The summed E-state index contributed by atoms with van der Waals surface area (Å²) in [6.07, 6.45) is 2.29. The minimum Gasteiger partial charge on any atom is -0.288 e. The number of aryl methyl sites for hydroxylation is 1. The van der Waals surface area contributed by atoms with Gasteiger partial charge in [-0.15, -0.1) is 12.6 Å². The van der Waals surface area contributed by atoms with Crippen LogP contribution in [0.3, 0.4) is 0 Å². The molecule has 1 rings (SSSR count). The highest BCUT2D eigenvalue weighted by molar-refractivity contribution is 7.96. The summed E-state index contributed by atoms with van der Waals surface area (Å²) in [6, 6.07) is 7.68. The van der Waals surface area contributed by atoms with Gasteiger partial charge >= 0.3 is 0 Å². The molecule has 0 aliphatic heterocycles. The average Bonchev–Trinajstić information content (AvgIpc) is 2.08. The summed E-state index contributed by atoms with van der Waals surface area (Å²) >= 11 is 9.43. The Morgan fingerprint density at radius 1 is 1.31 bits per heavy atom. The highest BCUT2D eigenvalue weighted by Gasteiger charge is 1.96. The summed E-state index contributed by atoms with van der Waals surface area (Å²) < 4.78 is 0. The molecule has 13 heavy (non-hydrogen) atoms. The predicted molar refractivity (Wildman–Crippen MR) is 58.4 cm³/mol. The normalized spacial score (nSPS) is 10.0. The molecule has 0 amide bonds. The largest absolute Gasteiger partial charge is 0.288 e. The lowest BCUT2D eigenvalue weighted by atomic mass is 10.1. The van der Waals surface area contributed by atoms with Crippen LogP contribution in [0.4, 0.5) is 0 Å². The fourth-order valence-corrected chi connectivity index (χ4v) is 1.38. The smallest absolute Gasteiger partial charge is 0.185 e. The van der Waals surface area contributed by atoms with E-state index < -0.39 is 0 Å². The van der Waals surface area contributed by atoms with Crippen molar-refractivity contribution < 1.29 is 4.79 Å². The number of halogens is 1. The number of carbonyl (C=O) groups is 1. The van der Waals surface area contributed by atoms with E-state index in [9.17, 15) is 4.79 Å². The van der Waals surface area contributed by atoms with Crippen molar-refractivity contribution in [2.24, 2.45) is 0 Å². The van der Waals surface area contributed by atoms with Crippen molar-refractivity contribution >= 4 is 29.3 Å². The van der Waals surface area contributed by atoms with Gasteiger partial charge in [-0.3, -0.25) is 4.79 Å². The van der Waals surface area contributed by atoms with Gasteiger partial charge in [0, 0.05) is 11.4 Å². The summed E-state index contributed by atoms with van der Waals surface area (Å²) in [6.45, 7) is 0. The van der Waals surface area contributed by atoms with Crippen LogP contribution in [0, 0.1) is 0 Å². The van der Waals surface area contributed by atoms with Gasteiger partial charge in [0.25, 0.3) is 0 Å². The first-order chi connectivity index (χ1) is 6.18. The van der Waals surface area contributed by atoms with Crippen LogP contribution in [0.5, 0.6) is 0 Å². The summed E-state index contributed by atoms with van der Waals surface area (Å²) in [7, 11) is 0. The molecule has 0 aliphatic carbocycles. The number of carbonyl (C=O) groups excluding carboxylic acids is 1. The van der Waals surface area contributed by atoms with E-state index in [1.165, 1.54) is 5.56 Å². The molecule has 70 valence electrons. The van der Waals surface area contributed by atoms with Crippen molar-refractivity contribution in [3.8, 4) is 0 Å². The molecule has 0 radical (unpaired) electrons. The highest BCUT2D eigenvalue weighted by atomic mass is 35.5. The lowest BCUT2D eigenvalue weighted by molar-refractivity contribution is -0.110. The Bertz CT molecular complexity index is 281. The summed E-state index contributed by atoms with van der Waals surface area (Å²) in [4.78, 5) is 10.5. The molecule has 0 fully saturated rings. The topological polar surface area (TPSA) is 17.1 Å². The second kappa shape index (κ2) is 5.30. The van der Waals surface area contributed by atoms with E-state index in [0.717, 1.165) is 17.9 Å². The maximum Gasteiger partial charge on any atom is 0.185 e. The third kappa shape index (κ3) is 4.34. The Kier molecular flexibility index (Phi) is 4.33. The molecule has 0 N–H and O–H groups in total. The Morgan fingerprint density at radius 3 is 2.46 bits per heavy atom. The standard InChI is InChI=1S/C10H11ClOS/c11-9-6-4-8(5-7-9)2-1-3-10(12)13/h4-7H,1-3H2,(H,12,13). The van der Waals surface area contributed by atoms with Crippen molar-refractivity contribution in [2.45, 2.75) is 19.3 Å². The van der Waals surface area contributed by atoms with E-state index in [1.807, 2.05) is 24.3 Å². The first-order valence-corrected chi connectivity index (χ1v) is 4.97. The van der Waals surface area contributed by atoms with Crippen LogP contribution in [-0.4, -0.2) is 5.12 Å². The molecule has 0 heterocycles. The Morgan fingerprint density at radius 2 is 1.92 bits per heavy atom. The van der Waals surface area contributed by atoms with Crippen LogP contribution >= 0.6 is 24.2 Å². The summed E-state index contributed by atoms with van der Waals surface area (Å²) in [5, 5.41) is 0.697. The minimum absolute atomic E-state index is 0.0473. The van der Waals surface area contributed by atoms with Crippen molar-refractivity contribution in [2.75, 3.05) is 0 Å². The van der Waals surface area contributed by atoms with Gasteiger partial charge in [0.15, 0.2) is 5.12 Å². The molecular formula is C10H11ClOS. The molecule has 0 bridgehead atoms. The molecular weight excluding hydrogens is 204 g/mol. The third-order valence-corrected chi connectivity index (χ3v) is 2.24. The second-order valence-electron chi connectivity index (χ2n) is 2.87. The van der Waals surface area contributed by atoms with Gasteiger partial charge < -0.3 is 0 Å². The third-order valence-electron chi connectivity index (χ3n) is 1.77. The molecule has 3 heteroatoms. The molecule has 0 saturated carbocycles. The molecule has 1 nitrogen and oxygen atoms in total. The molecule has 0 atom stereocenters. The van der Waals surface area contributed by atoms with E-state index in [0.29, 0.717) is 6.42 Å². The van der Waals surface area contributed by atoms with Gasteiger partial charge in [0.05, 0.1) is 0 Å². The first kappa shape index (κ1) is 10.6. The van der Waals surface area contributed by atoms with Crippen LogP contribution in [0.2, 0.25) is 5.02 Å². The first-order valence-electron chi connectivity index (χ1n) is 4.15. The Labute approximate surface area is 88.5 Å². The number of hydrogen-bond acceptors (Lipinski definition) is 1. The zero-order valence-electron chi connectivity index (χ0n) is 7.16. The van der Waals surface area contributed by atoms with E-state index >= 15 is 0 Å². The molecule has 0 saturated heterocycles. The van der Waals surface area contributed by atoms with Gasteiger partial charge in [-0.25, -0.2) is 0 Å². The molecule has 0 spiro atoms. The van der Waals surface area contributed by atoms with Gasteiger partial charge in [-0.1, -0.05) is 23.7 Å². The predicted octanol–water partition coefficient (Wildman–Crippen LogP) is 3.12. The van der Waals surface area contributed by atoms with Crippen LogP contribution in [0.1, 0.15) is 18.4 Å². The summed E-state index contributed by atoms with van der Waals surface area (Å²) in [5.74, 6) is 0. The monoisotopic (exact) mass is 214 g/mol. The second-order valence-corrected chi connectivity index (χ2v) is 3.81. The number of benzene rings is 1. The molecule has 1 aromatic rings. The quantitative estimate of drug-likeness (QED) is 0.763. The van der Waals surface area contributed by atoms with Crippen molar-refractivity contribution in [1.29, 1.82) is 0 Å². The highest BCUT2D eigenvalue weighted by Crippen LogP contribution is 2.11. The molecule has 1 aromatic carbocycles. The number of rotatable bonds is 4. The van der Waals surface area contributed by atoms with Gasteiger partial charge in [0.1, 0.15) is 0 Å². The maximum absolute atomic E-state index is 10.5. The van der Waals surface area contributed by atoms with Crippen molar-refractivity contribution in [1.82, 2.24) is 0 Å². The van der Waals surface area contributed by atoms with Gasteiger partial charge in [0.2, 0.25) is 0 Å². The van der Waals surface area contributed by atoms with Crippen LogP contribution < -0.4 is 0 Å². The average molecular weight is 215 g/mol. The molecule has 0 unspecified atom stereocenters. The van der Waals surface area contributed by atoms with E-state index in [1.54, 1.807) is 0 Å². The fourth-order valence-electron chi connectivity index (χ4n) is 1.09. The fraction of sp³-hybridized carbons (Fsp3) is 0.300. The van der Waals surface area contributed by atoms with Crippen LogP contribution in [0.15, 0.2) is 24.3 Å². The Hall–Kier alpha value is -0.470. The minimum atomic E-state index is -0.0473. The van der Waals surface area contributed by atoms with Crippen LogP contribution in [0.25, 0.3) is 0 Å². The van der Waals surface area contributed by atoms with Gasteiger partial charge in [-0.05, 0) is 30.5 Å². The van der Waals surface area contributed by atoms with E-state index in [2.05, 4.69) is 12.6 Å². The number of thiol groups is 1. The van der Waals surface area contributed by atoms with Crippen LogP contribution in [-0.2, 0) is 11.2 Å². The lowest BCUT2D eigenvalue weighted by Crippen LogP contribution is -1.89. The Balaban J connectivity index is 2.37. The van der Waals surface area contributed by atoms with E-state index in [-0.39, 0.29) is 5.12 Å². The number of hydrogen-bond donors (Lipinski definition) is 1. The van der Waals surface area contributed by atoms with Crippen molar-refractivity contribution in [3.63, 3.8) is 0 Å². The van der Waals surface area contributed by atoms with E-state index in [4.69, 9.17) is 11.6 Å². The lowest BCUT2D eigenvalue weighted by Gasteiger charge is -1.99. The van der Waals surface area contributed by atoms with Crippen molar-refractivity contribution in [3.05, 3.63) is 34.9 Å². The maximum atomic E-state index is 10.5.